The Morgan fingerprint density at radius 2 is 1.75 bits per heavy atom. The third-order valence-electron chi connectivity index (χ3n) is 4.53. The molecular formula is C23H19Cl3FNO4. The van der Waals surface area contributed by atoms with Crippen molar-refractivity contribution in [1.82, 2.24) is 0 Å². The highest BCUT2D eigenvalue weighted by Crippen LogP contribution is 2.35. The van der Waals surface area contributed by atoms with E-state index in [0.29, 0.717) is 39.4 Å². The minimum Gasteiger partial charge on any atom is -0.490 e. The van der Waals surface area contributed by atoms with Gasteiger partial charge in [0.2, 0.25) is 0 Å². The fraction of sp³-hybridized carbons (Fsp3) is 0.174. The van der Waals surface area contributed by atoms with Crippen molar-refractivity contribution in [1.29, 1.82) is 0 Å². The molecular weight excluding hydrogens is 480 g/mol. The van der Waals surface area contributed by atoms with E-state index in [-0.39, 0.29) is 29.3 Å². The van der Waals surface area contributed by atoms with Crippen molar-refractivity contribution in [2.75, 3.05) is 11.9 Å². The minimum absolute atomic E-state index is 0.100. The third kappa shape index (κ3) is 5.76. The number of benzene rings is 3. The number of carboxylic acid groups (broad SMARTS) is 1. The summed E-state index contributed by atoms with van der Waals surface area (Å²) in [5.74, 6) is -0.766. The summed E-state index contributed by atoms with van der Waals surface area (Å²) in [6.45, 7) is 2.34. The Morgan fingerprint density at radius 3 is 2.44 bits per heavy atom. The predicted octanol–water partition coefficient (Wildman–Crippen LogP) is 7.07. The van der Waals surface area contributed by atoms with E-state index >= 15 is 0 Å². The molecule has 0 aliphatic rings. The van der Waals surface area contributed by atoms with Crippen LogP contribution in [-0.2, 0) is 13.2 Å². The molecule has 0 heterocycles. The summed E-state index contributed by atoms with van der Waals surface area (Å²) in [5, 5.41) is 13.3. The van der Waals surface area contributed by atoms with Gasteiger partial charge in [-0.1, -0.05) is 40.9 Å². The van der Waals surface area contributed by atoms with Crippen LogP contribution >= 0.6 is 34.8 Å². The first-order chi connectivity index (χ1) is 15.3. The molecule has 0 aliphatic carbocycles. The fourth-order valence-electron chi connectivity index (χ4n) is 2.90. The fourth-order valence-corrected chi connectivity index (χ4v) is 3.52. The van der Waals surface area contributed by atoms with Gasteiger partial charge in [0.1, 0.15) is 12.4 Å². The van der Waals surface area contributed by atoms with Gasteiger partial charge in [-0.05, 0) is 48.9 Å². The highest BCUT2D eigenvalue weighted by atomic mass is 35.5. The zero-order chi connectivity index (χ0) is 23.3. The normalized spacial score (nSPS) is 10.7. The molecule has 168 valence electrons. The number of anilines is 1. The molecule has 9 heteroatoms. The van der Waals surface area contributed by atoms with E-state index in [9.17, 15) is 9.18 Å². The molecule has 3 aromatic carbocycles. The molecule has 0 saturated heterocycles. The molecule has 5 nitrogen and oxygen atoms in total. The highest BCUT2D eigenvalue weighted by molar-refractivity contribution is 6.33. The summed E-state index contributed by atoms with van der Waals surface area (Å²) < 4.78 is 25.5. The van der Waals surface area contributed by atoms with E-state index in [0.717, 1.165) is 0 Å². The molecule has 3 rings (SSSR count). The second-order valence-electron chi connectivity index (χ2n) is 6.67. The zero-order valence-corrected chi connectivity index (χ0v) is 19.2. The summed E-state index contributed by atoms with van der Waals surface area (Å²) in [5.41, 5.74) is 1.46. The Kier molecular flexibility index (Phi) is 8.07. The number of nitrogens with one attached hydrogen (secondary N) is 1. The van der Waals surface area contributed by atoms with E-state index in [1.165, 1.54) is 30.3 Å². The van der Waals surface area contributed by atoms with E-state index < -0.39 is 11.8 Å². The number of aromatic carboxylic acids is 1. The lowest BCUT2D eigenvalue weighted by Gasteiger charge is -2.16. The maximum atomic E-state index is 14.0. The first-order valence-corrected chi connectivity index (χ1v) is 10.7. The summed E-state index contributed by atoms with van der Waals surface area (Å²) >= 11 is 18.7. The zero-order valence-electron chi connectivity index (χ0n) is 16.9. The van der Waals surface area contributed by atoms with Crippen LogP contribution in [0.15, 0.2) is 48.5 Å². The van der Waals surface area contributed by atoms with Gasteiger partial charge in [0.25, 0.3) is 0 Å². The van der Waals surface area contributed by atoms with Crippen LogP contribution in [0.5, 0.6) is 11.5 Å². The molecule has 2 N–H and O–H groups in total. The monoisotopic (exact) mass is 497 g/mol. The molecule has 32 heavy (non-hydrogen) atoms. The maximum absolute atomic E-state index is 14.0. The van der Waals surface area contributed by atoms with Gasteiger partial charge in [-0.25, -0.2) is 9.18 Å². The number of rotatable bonds is 9. The van der Waals surface area contributed by atoms with Crippen molar-refractivity contribution in [3.05, 3.63) is 86.1 Å². The average Bonchev–Trinajstić information content (AvgIpc) is 2.75. The van der Waals surface area contributed by atoms with E-state index in [4.69, 9.17) is 49.4 Å². The first-order valence-electron chi connectivity index (χ1n) is 9.57. The molecule has 0 amide bonds. The summed E-state index contributed by atoms with van der Waals surface area (Å²) in [6.07, 6.45) is 0. The molecule has 0 unspecified atom stereocenters. The van der Waals surface area contributed by atoms with Crippen LogP contribution in [0.1, 0.15) is 28.4 Å². The Balaban J connectivity index is 1.81. The molecule has 0 aromatic heterocycles. The van der Waals surface area contributed by atoms with Gasteiger partial charge in [0, 0.05) is 23.2 Å². The van der Waals surface area contributed by atoms with Crippen LogP contribution < -0.4 is 14.8 Å². The van der Waals surface area contributed by atoms with Crippen molar-refractivity contribution in [2.24, 2.45) is 0 Å². The summed E-state index contributed by atoms with van der Waals surface area (Å²) in [7, 11) is 0. The molecule has 0 saturated carbocycles. The molecule has 0 aliphatic heterocycles. The lowest BCUT2D eigenvalue weighted by molar-refractivity contribution is 0.0697. The van der Waals surface area contributed by atoms with Gasteiger partial charge in [0.05, 0.1) is 27.9 Å². The summed E-state index contributed by atoms with van der Waals surface area (Å²) in [4.78, 5) is 11.2. The van der Waals surface area contributed by atoms with E-state index in [1.807, 2.05) is 6.92 Å². The number of halogens is 4. The van der Waals surface area contributed by atoms with Crippen LogP contribution in [0.25, 0.3) is 0 Å². The Bertz CT molecular complexity index is 1120. The largest absolute Gasteiger partial charge is 0.490 e. The predicted molar refractivity (Wildman–Crippen MR) is 124 cm³/mol. The second-order valence-corrected chi connectivity index (χ2v) is 7.89. The molecule has 3 aromatic rings. The first kappa shape index (κ1) is 24.0. The number of ether oxygens (including phenoxy) is 2. The average molecular weight is 499 g/mol. The van der Waals surface area contributed by atoms with Crippen LogP contribution in [0.3, 0.4) is 0 Å². The Labute approximate surface area is 199 Å². The highest BCUT2D eigenvalue weighted by Gasteiger charge is 2.15. The molecule has 0 radical (unpaired) electrons. The van der Waals surface area contributed by atoms with Crippen molar-refractivity contribution in [3.8, 4) is 11.5 Å². The summed E-state index contributed by atoms with van der Waals surface area (Å²) in [6, 6.07) is 12.1. The number of carbonyl (C=O) groups is 1. The van der Waals surface area contributed by atoms with Gasteiger partial charge in [-0.15, -0.1) is 0 Å². The van der Waals surface area contributed by atoms with Crippen LogP contribution in [0.2, 0.25) is 15.1 Å². The lowest BCUT2D eigenvalue weighted by Crippen LogP contribution is -2.06. The number of hydrogen-bond donors (Lipinski definition) is 2. The smallest absolute Gasteiger partial charge is 0.335 e. The van der Waals surface area contributed by atoms with Crippen LogP contribution in [0.4, 0.5) is 10.1 Å². The molecule has 0 atom stereocenters. The second kappa shape index (κ2) is 10.8. The van der Waals surface area contributed by atoms with Crippen molar-refractivity contribution >= 4 is 46.5 Å². The Hall–Kier alpha value is -2.67. The maximum Gasteiger partial charge on any atom is 0.335 e. The molecule has 0 fully saturated rings. The third-order valence-corrected chi connectivity index (χ3v) is 5.56. The van der Waals surface area contributed by atoms with Crippen molar-refractivity contribution in [2.45, 2.75) is 20.1 Å². The van der Waals surface area contributed by atoms with Crippen molar-refractivity contribution < 1.29 is 23.8 Å². The standard InChI is InChI=1S/C23H19Cl3FNO4/c1-2-31-21-9-14(11-28-20-8-13(23(29)30)6-7-17(20)25)18(26)10-22(21)32-12-15-16(24)4-3-5-19(15)27/h3-10,28H,2,11-12H2,1H3,(H,29,30). The SMILES string of the molecule is CCOc1cc(CNc2cc(C(=O)O)ccc2Cl)c(Cl)cc1OCc1c(F)cccc1Cl. The van der Waals surface area contributed by atoms with Gasteiger partial charge in [-0.2, -0.15) is 0 Å². The molecule has 0 spiro atoms. The quantitative estimate of drug-likeness (QED) is 0.330. The van der Waals surface area contributed by atoms with Gasteiger partial charge >= 0.3 is 5.97 Å². The lowest BCUT2D eigenvalue weighted by atomic mass is 10.1. The van der Waals surface area contributed by atoms with Gasteiger partial charge in [0.15, 0.2) is 11.5 Å². The number of hydrogen-bond acceptors (Lipinski definition) is 4. The van der Waals surface area contributed by atoms with E-state index in [1.54, 1.807) is 18.2 Å². The topological polar surface area (TPSA) is 67.8 Å². The van der Waals surface area contributed by atoms with Gasteiger partial charge in [-0.3, -0.25) is 0 Å². The van der Waals surface area contributed by atoms with Crippen LogP contribution in [0, 0.1) is 5.82 Å². The van der Waals surface area contributed by atoms with Gasteiger partial charge < -0.3 is 19.9 Å². The molecule has 0 bridgehead atoms. The Morgan fingerprint density at radius 1 is 1.00 bits per heavy atom. The number of carboxylic acids is 1. The van der Waals surface area contributed by atoms with Crippen LogP contribution in [-0.4, -0.2) is 17.7 Å². The van der Waals surface area contributed by atoms with E-state index in [2.05, 4.69) is 5.32 Å². The van der Waals surface area contributed by atoms with Crippen molar-refractivity contribution in [3.63, 3.8) is 0 Å². The minimum atomic E-state index is -1.06.